The van der Waals surface area contributed by atoms with Crippen LogP contribution in [0.15, 0.2) is 53.4 Å². The second kappa shape index (κ2) is 9.45. The summed E-state index contributed by atoms with van der Waals surface area (Å²) in [5.41, 5.74) is -0.493. The second-order valence-electron chi connectivity index (χ2n) is 7.63. The van der Waals surface area contributed by atoms with Crippen LogP contribution in [0.1, 0.15) is 35.2 Å². The lowest BCUT2D eigenvalue weighted by atomic mass is 10.1. The van der Waals surface area contributed by atoms with Crippen molar-refractivity contribution < 1.29 is 26.7 Å². The summed E-state index contributed by atoms with van der Waals surface area (Å²) in [6, 6.07) is 9.96. The standard InChI is InChI=1S/C21H19ClF3N5O3S/c22-15-6-1-2-7-17(15)34(32,33)27-12-19-29-28-18-9-8-16(30(18)19)20(31)26-11-13-4-3-5-14(10-13)21(23,24)25/h1-7,10,16H,8-9,11-12H2,(H2-,26,27,31,32,33). The van der Waals surface area contributed by atoms with E-state index in [1.165, 1.54) is 24.3 Å². The van der Waals surface area contributed by atoms with Crippen LogP contribution < -0.4 is 10.0 Å². The Morgan fingerprint density at radius 3 is 2.68 bits per heavy atom. The van der Waals surface area contributed by atoms with Gasteiger partial charge < -0.3 is 14.4 Å². The SMILES string of the molecule is O=C(NCc1cccc(C(F)(F)F)c1)C1CCc2nnc(CN[S+](=O)([O-])c3ccccc3Cl)n21. The highest BCUT2D eigenvalue weighted by Crippen LogP contribution is 2.30. The monoisotopic (exact) mass is 513 g/mol. The van der Waals surface area contributed by atoms with Gasteiger partial charge in [0, 0.05) is 13.0 Å². The molecule has 0 aliphatic carbocycles. The molecule has 0 radical (unpaired) electrons. The van der Waals surface area contributed by atoms with E-state index < -0.39 is 34.1 Å². The van der Waals surface area contributed by atoms with Crippen LogP contribution in [0.25, 0.3) is 0 Å². The molecule has 3 aromatic rings. The van der Waals surface area contributed by atoms with Gasteiger partial charge >= 0.3 is 6.18 Å². The summed E-state index contributed by atoms with van der Waals surface area (Å²) in [5, 5.41) is 10.7. The number of halogens is 4. The fourth-order valence-corrected chi connectivity index (χ4v) is 5.22. The highest BCUT2D eigenvalue weighted by atomic mass is 35.5. The first-order valence-electron chi connectivity index (χ1n) is 10.2. The van der Waals surface area contributed by atoms with Gasteiger partial charge in [-0.05, 0) is 36.2 Å². The number of carbonyl (C=O) groups is 1. The first kappa shape index (κ1) is 24.3. The molecule has 0 saturated carbocycles. The minimum absolute atomic E-state index is 0.0633. The molecule has 1 aliphatic heterocycles. The van der Waals surface area contributed by atoms with Gasteiger partial charge in [-0.2, -0.15) is 13.2 Å². The van der Waals surface area contributed by atoms with E-state index in [4.69, 9.17) is 11.6 Å². The summed E-state index contributed by atoms with van der Waals surface area (Å²) < 4.78 is 67.9. The molecule has 2 unspecified atom stereocenters. The molecule has 13 heteroatoms. The molecule has 1 aliphatic rings. The number of nitrogens with zero attached hydrogens (tertiary/aromatic N) is 3. The van der Waals surface area contributed by atoms with Gasteiger partial charge in [0.1, 0.15) is 18.4 Å². The van der Waals surface area contributed by atoms with Crippen LogP contribution in [0.5, 0.6) is 0 Å². The van der Waals surface area contributed by atoms with Crippen molar-refractivity contribution >= 4 is 27.9 Å². The molecule has 2 N–H and O–H groups in total. The first-order chi connectivity index (χ1) is 16.1. The minimum Gasteiger partial charge on any atom is -0.593 e. The number of benzene rings is 2. The fraction of sp³-hybridized carbons (Fsp3) is 0.286. The van der Waals surface area contributed by atoms with E-state index in [1.54, 1.807) is 16.7 Å². The van der Waals surface area contributed by atoms with Crippen molar-refractivity contribution in [3.63, 3.8) is 0 Å². The van der Waals surface area contributed by atoms with Gasteiger partial charge in [-0.15, -0.1) is 14.9 Å². The third-order valence-electron chi connectivity index (χ3n) is 5.36. The van der Waals surface area contributed by atoms with E-state index in [-0.39, 0.29) is 28.8 Å². The van der Waals surface area contributed by atoms with Crippen LogP contribution in [0.2, 0.25) is 5.02 Å². The lowest BCUT2D eigenvalue weighted by Crippen LogP contribution is -2.34. The number of sulfonamides is 1. The molecule has 0 fully saturated rings. The van der Waals surface area contributed by atoms with E-state index in [2.05, 4.69) is 20.2 Å². The third kappa shape index (κ3) is 5.14. The van der Waals surface area contributed by atoms with Crippen molar-refractivity contribution in [2.75, 3.05) is 0 Å². The van der Waals surface area contributed by atoms with E-state index in [1.807, 2.05) is 0 Å². The average Bonchev–Trinajstić information content (AvgIpc) is 3.38. The largest absolute Gasteiger partial charge is 0.593 e. The second-order valence-corrected chi connectivity index (χ2v) is 9.77. The molecule has 2 heterocycles. The predicted molar refractivity (Wildman–Crippen MR) is 116 cm³/mol. The molecular weight excluding hydrogens is 495 g/mol. The Kier molecular flexibility index (Phi) is 6.76. The topological polar surface area (TPSA) is 112 Å². The van der Waals surface area contributed by atoms with E-state index in [0.717, 1.165) is 12.1 Å². The number of hydrogen-bond donors (Lipinski definition) is 2. The van der Waals surface area contributed by atoms with Crippen molar-refractivity contribution in [3.8, 4) is 0 Å². The van der Waals surface area contributed by atoms with Crippen LogP contribution in [-0.4, -0.2) is 25.2 Å². The number of hydrogen-bond acceptors (Lipinski definition) is 5. The zero-order valence-electron chi connectivity index (χ0n) is 17.5. The Balaban J connectivity index is 1.44. The Morgan fingerprint density at radius 1 is 1.18 bits per heavy atom. The molecule has 34 heavy (non-hydrogen) atoms. The zero-order valence-corrected chi connectivity index (χ0v) is 19.1. The molecule has 2 atom stereocenters. The van der Waals surface area contributed by atoms with Crippen molar-refractivity contribution in [1.82, 2.24) is 24.8 Å². The number of alkyl halides is 3. The Morgan fingerprint density at radius 2 is 1.94 bits per heavy atom. The van der Waals surface area contributed by atoms with E-state index in [0.29, 0.717) is 24.2 Å². The van der Waals surface area contributed by atoms with Crippen LogP contribution in [0.4, 0.5) is 13.2 Å². The number of nitrogens with one attached hydrogen (secondary N) is 2. The predicted octanol–water partition coefficient (Wildman–Crippen LogP) is 3.45. The molecule has 180 valence electrons. The summed E-state index contributed by atoms with van der Waals surface area (Å²) in [5.74, 6) is 0.333. The van der Waals surface area contributed by atoms with E-state index in [9.17, 15) is 26.7 Å². The molecule has 0 bridgehead atoms. The van der Waals surface area contributed by atoms with Crippen molar-refractivity contribution in [2.45, 2.75) is 43.0 Å². The van der Waals surface area contributed by atoms with Crippen molar-refractivity contribution in [1.29, 1.82) is 0 Å². The molecule has 4 rings (SSSR count). The van der Waals surface area contributed by atoms with Gasteiger partial charge in [0.2, 0.25) is 5.91 Å². The maximum absolute atomic E-state index is 12.9. The number of amides is 1. The van der Waals surface area contributed by atoms with E-state index >= 15 is 0 Å². The molecule has 8 nitrogen and oxygen atoms in total. The van der Waals surface area contributed by atoms with Crippen LogP contribution >= 0.6 is 11.6 Å². The molecule has 2 aromatic carbocycles. The summed E-state index contributed by atoms with van der Waals surface area (Å²) in [6.45, 7) is -0.316. The number of aromatic nitrogens is 3. The quantitative estimate of drug-likeness (QED) is 0.470. The van der Waals surface area contributed by atoms with Crippen molar-refractivity contribution in [3.05, 3.63) is 76.3 Å². The lowest BCUT2D eigenvalue weighted by molar-refractivity contribution is -0.137. The molecule has 0 spiro atoms. The maximum atomic E-state index is 12.9. The Labute approximate surface area is 198 Å². The van der Waals surface area contributed by atoms with Crippen LogP contribution in [0, 0.1) is 0 Å². The van der Waals surface area contributed by atoms with Gasteiger partial charge in [0.05, 0.1) is 10.6 Å². The van der Waals surface area contributed by atoms with Crippen molar-refractivity contribution in [2.24, 2.45) is 0 Å². The highest BCUT2D eigenvalue weighted by molar-refractivity contribution is 7.95. The van der Waals surface area contributed by atoms with Gasteiger partial charge in [-0.1, -0.05) is 40.1 Å². The normalized spacial score (nSPS) is 17.3. The van der Waals surface area contributed by atoms with Gasteiger partial charge in [-0.3, -0.25) is 4.79 Å². The summed E-state index contributed by atoms with van der Waals surface area (Å²) >= 11 is 5.98. The summed E-state index contributed by atoms with van der Waals surface area (Å²) in [6.07, 6.45) is -3.62. The number of fused-ring (bicyclic) bond motifs is 1. The Hall–Kier alpha value is -2.80. The van der Waals surface area contributed by atoms with Gasteiger partial charge in [-0.25, -0.2) is 0 Å². The highest BCUT2D eigenvalue weighted by Gasteiger charge is 2.34. The lowest BCUT2D eigenvalue weighted by Gasteiger charge is -2.18. The summed E-state index contributed by atoms with van der Waals surface area (Å²) in [4.78, 5) is 12.7. The van der Waals surface area contributed by atoms with Crippen LogP contribution in [0.3, 0.4) is 0 Å². The molecule has 0 saturated heterocycles. The van der Waals surface area contributed by atoms with Gasteiger partial charge in [0.15, 0.2) is 21.1 Å². The number of carbonyl (C=O) groups excluding carboxylic acids is 1. The fourth-order valence-electron chi connectivity index (χ4n) is 3.72. The van der Waals surface area contributed by atoms with Gasteiger partial charge in [0.25, 0.3) is 0 Å². The maximum Gasteiger partial charge on any atom is 0.416 e. The molecule has 1 aromatic heterocycles. The molecular formula is C21H19ClF3N5O3S. The third-order valence-corrected chi connectivity index (χ3v) is 7.26. The Bertz CT molecular complexity index is 1270. The van der Waals surface area contributed by atoms with Crippen LogP contribution in [-0.2, 0) is 45.1 Å². The minimum atomic E-state index is -4.48. The average molecular weight is 514 g/mol. The summed E-state index contributed by atoms with van der Waals surface area (Å²) in [7, 11) is -3.94. The number of rotatable bonds is 7. The molecule has 1 amide bonds. The smallest absolute Gasteiger partial charge is 0.416 e. The first-order valence-corrected chi connectivity index (χ1v) is 12.0. The zero-order chi connectivity index (χ0) is 24.5. The number of aryl methyl sites for hydroxylation is 1.